The third-order valence-electron chi connectivity index (χ3n) is 4.19. The quantitative estimate of drug-likeness (QED) is 0.576. The topological polar surface area (TPSA) is 44.7 Å². The van der Waals surface area contributed by atoms with Gasteiger partial charge in [0.05, 0.1) is 19.3 Å². The Morgan fingerprint density at radius 1 is 1.35 bits per heavy atom. The summed E-state index contributed by atoms with van der Waals surface area (Å²) in [6, 6.07) is 0.652. The zero-order valence-corrected chi connectivity index (χ0v) is 13.8. The smallest absolute Gasteiger partial charge is 0.0613 e. The van der Waals surface area contributed by atoms with Crippen molar-refractivity contribution in [1.29, 1.82) is 0 Å². The van der Waals surface area contributed by atoms with E-state index in [1.54, 1.807) is 0 Å². The monoisotopic (exact) mass is 286 g/mol. The Bertz CT molecular complexity index is 251. The fraction of sp³-hybridized carbons (Fsp3) is 1.00. The number of rotatable bonds is 12. The Balaban J connectivity index is 2.18. The number of nitrogens with one attached hydrogen (secondary N) is 1. The van der Waals surface area contributed by atoms with E-state index >= 15 is 0 Å². The molecule has 0 aliphatic heterocycles. The number of nitrogens with zero attached hydrogens (tertiary/aromatic N) is 1. The first kappa shape index (κ1) is 17.9. The average molecular weight is 286 g/mol. The van der Waals surface area contributed by atoms with Crippen molar-refractivity contribution in [2.75, 3.05) is 33.4 Å². The van der Waals surface area contributed by atoms with Crippen molar-refractivity contribution in [2.24, 2.45) is 0 Å². The van der Waals surface area contributed by atoms with Crippen LogP contribution < -0.4 is 5.32 Å². The minimum absolute atomic E-state index is 0.0591. The molecule has 0 heterocycles. The Hall–Kier alpha value is -0.160. The van der Waals surface area contributed by atoms with Gasteiger partial charge in [0.1, 0.15) is 0 Å². The molecule has 0 radical (unpaired) electrons. The maximum absolute atomic E-state index is 9.72. The van der Waals surface area contributed by atoms with Gasteiger partial charge >= 0.3 is 0 Å². The van der Waals surface area contributed by atoms with Crippen LogP contribution in [0.1, 0.15) is 52.9 Å². The average Bonchev–Trinajstić information content (AvgIpc) is 3.21. The second kappa shape index (κ2) is 8.98. The second-order valence-corrected chi connectivity index (χ2v) is 6.54. The zero-order chi connectivity index (χ0) is 15.0. The third kappa shape index (κ3) is 7.02. The number of aliphatic hydroxyl groups excluding tert-OH is 1. The maximum Gasteiger partial charge on any atom is 0.0613 e. The van der Waals surface area contributed by atoms with E-state index in [1.807, 2.05) is 0 Å². The molecule has 1 aliphatic rings. The summed E-state index contributed by atoms with van der Waals surface area (Å²) in [4.78, 5) is 2.32. The van der Waals surface area contributed by atoms with Gasteiger partial charge in [-0.1, -0.05) is 6.92 Å². The predicted octanol–water partition coefficient (Wildman–Crippen LogP) is 2.02. The summed E-state index contributed by atoms with van der Waals surface area (Å²) in [5.74, 6) is 0. The fourth-order valence-electron chi connectivity index (χ4n) is 2.49. The molecule has 0 bridgehead atoms. The molecule has 0 spiro atoms. The lowest BCUT2D eigenvalue weighted by Gasteiger charge is -2.33. The molecule has 1 aliphatic carbocycles. The Morgan fingerprint density at radius 2 is 2.05 bits per heavy atom. The van der Waals surface area contributed by atoms with E-state index in [2.05, 4.69) is 38.0 Å². The highest BCUT2D eigenvalue weighted by atomic mass is 16.5. The standard InChI is InChI=1S/C16H34N2O2/c1-5-16(13-19,17-15-7-8-15)9-6-10-18(4)11-12-20-14(2)3/h14-15,17,19H,5-13H2,1-4H3. The number of hydrogen-bond acceptors (Lipinski definition) is 4. The Morgan fingerprint density at radius 3 is 2.55 bits per heavy atom. The summed E-state index contributed by atoms with van der Waals surface area (Å²) in [7, 11) is 2.14. The lowest BCUT2D eigenvalue weighted by molar-refractivity contribution is 0.0625. The second-order valence-electron chi connectivity index (χ2n) is 6.54. The Kier molecular flexibility index (Phi) is 8.03. The number of aliphatic hydroxyl groups is 1. The minimum atomic E-state index is -0.0591. The van der Waals surface area contributed by atoms with Crippen molar-refractivity contribution in [2.45, 2.75) is 70.6 Å². The maximum atomic E-state index is 9.72. The molecule has 0 aromatic rings. The summed E-state index contributed by atoms with van der Waals surface area (Å²) < 4.78 is 5.57. The van der Waals surface area contributed by atoms with Crippen LogP contribution in [-0.4, -0.2) is 61.0 Å². The van der Waals surface area contributed by atoms with Gasteiger partial charge in [0.2, 0.25) is 0 Å². The van der Waals surface area contributed by atoms with E-state index in [4.69, 9.17) is 4.74 Å². The van der Waals surface area contributed by atoms with Crippen LogP contribution in [0.15, 0.2) is 0 Å². The highest BCUT2D eigenvalue weighted by molar-refractivity contribution is 4.94. The lowest BCUT2D eigenvalue weighted by Crippen LogP contribution is -2.49. The molecule has 120 valence electrons. The zero-order valence-electron chi connectivity index (χ0n) is 13.8. The van der Waals surface area contributed by atoms with E-state index in [0.717, 1.165) is 39.0 Å². The minimum Gasteiger partial charge on any atom is -0.394 e. The molecule has 0 aromatic carbocycles. The SMILES string of the molecule is CCC(CO)(CCCN(C)CCOC(C)C)NC1CC1. The summed E-state index contributed by atoms with van der Waals surface area (Å²) in [5.41, 5.74) is -0.0591. The molecule has 1 fully saturated rings. The first-order valence-corrected chi connectivity index (χ1v) is 8.20. The van der Waals surface area contributed by atoms with Crippen LogP contribution >= 0.6 is 0 Å². The van der Waals surface area contributed by atoms with Gasteiger partial charge in [0.25, 0.3) is 0 Å². The summed E-state index contributed by atoms with van der Waals surface area (Å²) in [6.07, 6.45) is 6.02. The molecule has 20 heavy (non-hydrogen) atoms. The Labute approximate surface area is 124 Å². The van der Waals surface area contributed by atoms with Crippen LogP contribution in [-0.2, 0) is 4.74 Å². The van der Waals surface area contributed by atoms with Gasteiger partial charge in [-0.2, -0.15) is 0 Å². The van der Waals surface area contributed by atoms with Crippen LogP contribution in [0.4, 0.5) is 0 Å². The van der Waals surface area contributed by atoms with Crippen molar-refractivity contribution >= 4 is 0 Å². The van der Waals surface area contributed by atoms with Crippen LogP contribution in [0, 0.1) is 0 Å². The summed E-state index contributed by atoms with van der Waals surface area (Å²) >= 11 is 0. The normalized spacial score (nSPS) is 18.8. The molecule has 1 atom stereocenters. The summed E-state index contributed by atoms with van der Waals surface area (Å²) in [5, 5.41) is 13.4. The van der Waals surface area contributed by atoms with Gasteiger partial charge in [0, 0.05) is 18.1 Å². The first-order chi connectivity index (χ1) is 9.51. The van der Waals surface area contributed by atoms with Crippen molar-refractivity contribution in [1.82, 2.24) is 10.2 Å². The largest absolute Gasteiger partial charge is 0.394 e. The molecule has 4 heteroatoms. The molecule has 1 saturated carbocycles. The third-order valence-corrected chi connectivity index (χ3v) is 4.19. The molecule has 1 unspecified atom stereocenters. The molecular weight excluding hydrogens is 252 g/mol. The van der Waals surface area contributed by atoms with Crippen molar-refractivity contribution in [3.05, 3.63) is 0 Å². The molecule has 0 aromatic heterocycles. The lowest BCUT2D eigenvalue weighted by atomic mass is 9.91. The van der Waals surface area contributed by atoms with Gasteiger partial charge in [-0.05, 0) is 59.5 Å². The molecular formula is C16H34N2O2. The van der Waals surface area contributed by atoms with Crippen LogP contribution in [0.5, 0.6) is 0 Å². The van der Waals surface area contributed by atoms with E-state index in [1.165, 1.54) is 12.8 Å². The van der Waals surface area contributed by atoms with Crippen LogP contribution in [0.3, 0.4) is 0 Å². The van der Waals surface area contributed by atoms with Crippen LogP contribution in [0.2, 0.25) is 0 Å². The number of ether oxygens (including phenoxy) is 1. The predicted molar refractivity (Wildman–Crippen MR) is 84.1 cm³/mol. The highest BCUT2D eigenvalue weighted by Crippen LogP contribution is 2.26. The molecule has 0 amide bonds. The van der Waals surface area contributed by atoms with Gasteiger partial charge < -0.3 is 20.1 Å². The van der Waals surface area contributed by atoms with Gasteiger partial charge in [-0.25, -0.2) is 0 Å². The van der Waals surface area contributed by atoms with Crippen LogP contribution in [0.25, 0.3) is 0 Å². The molecule has 1 rings (SSSR count). The fourth-order valence-corrected chi connectivity index (χ4v) is 2.49. The molecule has 2 N–H and O–H groups in total. The first-order valence-electron chi connectivity index (χ1n) is 8.20. The van der Waals surface area contributed by atoms with E-state index in [9.17, 15) is 5.11 Å². The summed E-state index contributed by atoms with van der Waals surface area (Å²) in [6.45, 7) is 9.40. The molecule has 4 nitrogen and oxygen atoms in total. The van der Waals surface area contributed by atoms with Gasteiger partial charge in [0.15, 0.2) is 0 Å². The van der Waals surface area contributed by atoms with E-state index in [-0.39, 0.29) is 12.1 Å². The highest BCUT2D eigenvalue weighted by Gasteiger charge is 2.33. The molecule has 0 saturated heterocycles. The van der Waals surface area contributed by atoms with Crippen molar-refractivity contribution in [3.8, 4) is 0 Å². The number of likely N-dealkylation sites (N-methyl/N-ethyl adjacent to an activating group) is 1. The van der Waals surface area contributed by atoms with Crippen molar-refractivity contribution in [3.63, 3.8) is 0 Å². The van der Waals surface area contributed by atoms with Gasteiger partial charge in [-0.3, -0.25) is 0 Å². The van der Waals surface area contributed by atoms with E-state index < -0.39 is 0 Å². The van der Waals surface area contributed by atoms with Crippen molar-refractivity contribution < 1.29 is 9.84 Å². The van der Waals surface area contributed by atoms with E-state index in [0.29, 0.717) is 12.1 Å². The van der Waals surface area contributed by atoms with Gasteiger partial charge in [-0.15, -0.1) is 0 Å². The number of hydrogen-bond donors (Lipinski definition) is 2.